The first-order valence-corrected chi connectivity index (χ1v) is 13.8. The molecule has 2 nitrogen and oxygen atoms in total. The molecule has 0 aliphatic heterocycles. The van der Waals surface area contributed by atoms with Crippen LogP contribution in [-0.2, 0) is 0 Å². The number of allylic oxidation sites excluding steroid dienone is 1. The van der Waals surface area contributed by atoms with Crippen LogP contribution in [0.1, 0.15) is 106 Å². The van der Waals surface area contributed by atoms with Crippen molar-refractivity contribution in [2.45, 2.75) is 118 Å². The van der Waals surface area contributed by atoms with Crippen LogP contribution in [0.25, 0.3) is 0 Å². The zero-order chi connectivity index (χ0) is 23.4. The standard InChI is InChI=1S/C30H50O2/c1-8-21(18(2)3)10-9-19(4)22-11-12-23-28-24(13-15-29(22,23)6)30(7)16-14-26(31)20(5)25(30)17-27(28)32/h18-19,21-22,24-27,31-32H,5,8-17H2,1-4,6-7H3/t19?,21-,22-,24?,25?,26+,27-,29-,30-/m1/s1. The Morgan fingerprint density at radius 2 is 1.69 bits per heavy atom. The summed E-state index contributed by atoms with van der Waals surface area (Å²) < 4.78 is 0. The first-order valence-electron chi connectivity index (χ1n) is 13.8. The molecular weight excluding hydrogens is 392 g/mol. The molecule has 0 aromatic heterocycles. The highest BCUT2D eigenvalue weighted by Gasteiger charge is 2.58. The summed E-state index contributed by atoms with van der Waals surface area (Å²) in [5.41, 5.74) is 4.51. The molecule has 3 unspecified atom stereocenters. The molecule has 4 aliphatic rings. The van der Waals surface area contributed by atoms with Gasteiger partial charge in [-0.2, -0.15) is 0 Å². The van der Waals surface area contributed by atoms with Crippen LogP contribution in [-0.4, -0.2) is 22.4 Å². The summed E-state index contributed by atoms with van der Waals surface area (Å²) in [7, 11) is 0. The van der Waals surface area contributed by atoms with Crippen molar-refractivity contribution in [2.75, 3.05) is 0 Å². The Labute approximate surface area is 198 Å². The lowest BCUT2D eigenvalue weighted by atomic mass is 9.47. The topological polar surface area (TPSA) is 40.5 Å². The lowest BCUT2D eigenvalue weighted by Crippen LogP contribution is -2.52. The quantitative estimate of drug-likeness (QED) is 0.423. The molecule has 2 heteroatoms. The van der Waals surface area contributed by atoms with Crippen LogP contribution >= 0.6 is 0 Å². The second-order valence-electron chi connectivity index (χ2n) is 13.0. The summed E-state index contributed by atoms with van der Waals surface area (Å²) in [6.07, 6.45) is 11.0. The third kappa shape index (κ3) is 3.76. The fourth-order valence-corrected chi connectivity index (χ4v) is 9.12. The summed E-state index contributed by atoms with van der Waals surface area (Å²) in [5.74, 6) is 3.90. The molecule has 0 spiro atoms. The first kappa shape index (κ1) is 24.5. The third-order valence-electron chi connectivity index (χ3n) is 11.3. The summed E-state index contributed by atoms with van der Waals surface area (Å²) >= 11 is 0. The van der Waals surface area contributed by atoms with Gasteiger partial charge in [-0.3, -0.25) is 0 Å². The summed E-state index contributed by atoms with van der Waals surface area (Å²) in [6.45, 7) is 18.9. The second-order valence-corrected chi connectivity index (χ2v) is 13.0. The molecule has 3 saturated carbocycles. The van der Waals surface area contributed by atoms with Gasteiger partial charge in [0.1, 0.15) is 0 Å². The largest absolute Gasteiger partial charge is 0.389 e. The van der Waals surface area contributed by atoms with Gasteiger partial charge in [-0.05, 0) is 109 Å². The van der Waals surface area contributed by atoms with Crippen molar-refractivity contribution >= 4 is 0 Å². The molecule has 4 aliphatic carbocycles. The average molecular weight is 443 g/mol. The predicted molar refractivity (Wildman–Crippen MR) is 134 cm³/mol. The van der Waals surface area contributed by atoms with Crippen molar-refractivity contribution in [1.82, 2.24) is 0 Å². The molecule has 0 heterocycles. The molecule has 3 fully saturated rings. The lowest BCUT2D eigenvalue weighted by Gasteiger charge is -2.58. The summed E-state index contributed by atoms with van der Waals surface area (Å²) in [5, 5.41) is 21.9. The molecule has 0 amide bonds. The second kappa shape index (κ2) is 8.88. The Kier molecular flexibility index (Phi) is 6.80. The van der Waals surface area contributed by atoms with E-state index in [9.17, 15) is 10.2 Å². The van der Waals surface area contributed by atoms with Crippen molar-refractivity contribution in [3.05, 3.63) is 23.3 Å². The third-order valence-corrected chi connectivity index (χ3v) is 11.3. The van der Waals surface area contributed by atoms with Crippen LogP contribution in [0.4, 0.5) is 0 Å². The van der Waals surface area contributed by atoms with E-state index < -0.39 is 0 Å². The van der Waals surface area contributed by atoms with Crippen molar-refractivity contribution < 1.29 is 10.2 Å². The van der Waals surface area contributed by atoms with E-state index in [1.54, 1.807) is 5.57 Å². The van der Waals surface area contributed by atoms with Crippen molar-refractivity contribution in [1.29, 1.82) is 0 Å². The van der Waals surface area contributed by atoms with Gasteiger partial charge in [-0.1, -0.05) is 66.5 Å². The van der Waals surface area contributed by atoms with E-state index in [0.717, 1.165) is 48.5 Å². The van der Waals surface area contributed by atoms with Crippen LogP contribution < -0.4 is 0 Å². The highest BCUT2D eigenvalue weighted by atomic mass is 16.3. The van der Waals surface area contributed by atoms with E-state index in [4.69, 9.17) is 0 Å². The number of fused-ring (bicyclic) bond motifs is 4. The predicted octanol–water partition coefficient (Wildman–Crippen LogP) is 7.31. The minimum absolute atomic E-state index is 0.161. The molecule has 182 valence electrons. The minimum atomic E-state index is -0.377. The molecule has 0 radical (unpaired) electrons. The van der Waals surface area contributed by atoms with Gasteiger partial charge in [0.05, 0.1) is 12.2 Å². The van der Waals surface area contributed by atoms with Gasteiger partial charge < -0.3 is 10.2 Å². The summed E-state index contributed by atoms with van der Waals surface area (Å²) in [6, 6.07) is 0. The van der Waals surface area contributed by atoms with Crippen molar-refractivity contribution in [2.24, 2.45) is 46.3 Å². The van der Waals surface area contributed by atoms with Gasteiger partial charge in [-0.25, -0.2) is 0 Å². The van der Waals surface area contributed by atoms with Crippen LogP contribution in [0.5, 0.6) is 0 Å². The van der Waals surface area contributed by atoms with Gasteiger partial charge in [0, 0.05) is 0 Å². The molecule has 0 aromatic rings. The fraction of sp³-hybridized carbons (Fsp3) is 0.867. The maximum atomic E-state index is 11.4. The van der Waals surface area contributed by atoms with Crippen molar-refractivity contribution in [3.63, 3.8) is 0 Å². The lowest BCUT2D eigenvalue weighted by molar-refractivity contribution is -0.0327. The van der Waals surface area contributed by atoms with E-state index in [-0.39, 0.29) is 29.0 Å². The van der Waals surface area contributed by atoms with E-state index in [1.165, 1.54) is 50.5 Å². The van der Waals surface area contributed by atoms with Crippen molar-refractivity contribution in [3.8, 4) is 0 Å². The SMILES string of the molecule is C=C1C2C[C@@H](O)C3=C4CC[C@H](C(C)CC[C@@H](CC)C(C)C)[C@@]4(C)CCC3[C@@]2(C)CC[C@@H]1O. The normalized spacial score (nSPS) is 43.7. The van der Waals surface area contributed by atoms with Crippen LogP contribution in [0.15, 0.2) is 23.3 Å². The van der Waals surface area contributed by atoms with Gasteiger partial charge in [-0.15, -0.1) is 0 Å². The Bertz CT molecular complexity index is 750. The van der Waals surface area contributed by atoms with Gasteiger partial charge in [0.25, 0.3) is 0 Å². The Balaban J connectivity index is 1.58. The molecule has 32 heavy (non-hydrogen) atoms. The number of aliphatic hydroxyl groups excluding tert-OH is 2. The number of aliphatic hydroxyl groups is 2. The molecule has 0 aromatic carbocycles. The number of hydrogen-bond donors (Lipinski definition) is 2. The zero-order valence-electron chi connectivity index (χ0n) is 21.8. The monoisotopic (exact) mass is 442 g/mol. The molecule has 2 N–H and O–H groups in total. The zero-order valence-corrected chi connectivity index (χ0v) is 21.8. The van der Waals surface area contributed by atoms with Gasteiger partial charge in [0.15, 0.2) is 0 Å². The van der Waals surface area contributed by atoms with Crippen LogP contribution in [0.3, 0.4) is 0 Å². The molecule has 0 bridgehead atoms. The first-order chi connectivity index (χ1) is 15.0. The number of hydrogen-bond acceptors (Lipinski definition) is 2. The Hall–Kier alpha value is -0.600. The van der Waals surface area contributed by atoms with Gasteiger partial charge >= 0.3 is 0 Å². The smallest absolute Gasteiger partial charge is 0.0761 e. The molecule has 9 atom stereocenters. The van der Waals surface area contributed by atoms with E-state index in [0.29, 0.717) is 5.92 Å². The van der Waals surface area contributed by atoms with Gasteiger partial charge in [0.2, 0.25) is 0 Å². The van der Waals surface area contributed by atoms with Crippen LogP contribution in [0, 0.1) is 46.3 Å². The Morgan fingerprint density at radius 3 is 2.34 bits per heavy atom. The highest BCUT2D eigenvalue weighted by molar-refractivity contribution is 5.39. The van der Waals surface area contributed by atoms with Crippen LogP contribution in [0.2, 0.25) is 0 Å². The molecule has 0 saturated heterocycles. The maximum Gasteiger partial charge on any atom is 0.0761 e. The fourth-order valence-electron chi connectivity index (χ4n) is 9.12. The van der Waals surface area contributed by atoms with E-state index in [2.05, 4.69) is 48.1 Å². The molecule has 4 rings (SSSR count). The van der Waals surface area contributed by atoms with E-state index in [1.807, 2.05) is 0 Å². The number of rotatable bonds is 6. The highest BCUT2D eigenvalue weighted by Crippen LogP contribution is 2.66. The summed E-state index contributed by atoms with van der Waals surface area (Å²) in [4.78, 5) is 0. The maximum absolute atomic E-state index is 11.4. The average Bonchev–Trinajstić information content (AvgIpc) is 3.10. The molecular formula is C30H50O2. The Morgan fingerprint density at radius 1 is 0.969 bits per heavy atom. The van der Waals surface area contributed by atoms with E-state index >= 15 is 0 Å². The minimum Gasteiger partial charge on any atom is -0.389 e.